The van der Waals surface area contributed by atoms with E-state index in [0.717, 1.165) is 0 Å². The van der Waals surface area contributed by atoms with Crippen LogP contribution in [0.4, 0.5) is 15.8 Å². The van der Waals surface area contributed by atoms with Crippen molar-refractivity contribution in [2.45, 2.75) is 13.5 Å². The third-order valence-electron chi connectivity index (χ3n) is 2.99. The number of nitrogens with one attached hydrogen (secondary N) is 1. The van der Waals surface area contributed by atoms with Crippen molar-refractivity contribution in [3.63, 3.8) is 0 Å². The number of hydrogen-bond acceptors (Lipinski definition) is 4. The van der Waals surface area contributed by atoms with Crippen LogP contribution in [0.3, 0.4) is 0 Å². The third-order valence-corrected chi connectivity index (χ3v) is 2.99. The van der Waals surface area contributed by atoms with Gasteiger partial charge >= 0.3 is 5.97 Å². The van der Waals surface area contributed by atoms with Crippen molar-refractivity contribution >= 4 is 17.3 Å². The van der Waals surface area contributed by atoms with Crippen LogP contribution in [0.2, 0.25) is 0 Å². The second kappa shape index (κ2) is 6.74. The first-order chi connectivity index (χ1) is 10.1. The van der Waals surface area contributed by atoms with Gasteiger partial charge in [-0.25, -0.2) is 9.18 Å². The van der Waals surface area contributed by atoms with E-state index in [1.165, 1.54) is 6.07 Å². The number of benzene rings is 2. The van der Waals surface area contributed by atoms with Gasteiger partial charge < -0.3 is 15.8 Å². The van der Waals surface area contributed by atoms with E-state index >= 15 is 0 Å². The first kappa shape index (κ1) is 14.8. The Hall–Kier alpha value is -2.56. The molecule has 0 amide bonds. The zero-order chi connectivity index (χ0) is 15.2. The number of rotatable bonds is 5. The summed E-state index contributed by atoms with van der Waals surface area (Å²) in [7, 11) is 0. The number of halogens is 1. The molecule has 0 heterocycles. The highest BCUT2D eigenvalue weighted by Crippen LogP contribution is 2.21. The molecule has 0 aliphatic heterocycles. The Morgan fingerprint density at radius 3 is 2.71 bits per heavy atom. The van der Waals surface area contributed by atoms with Gasteiger partial charge in [0.15, 0.2) is 0 Å². The Morgan fingerprint density at radius 2 is 2.05 bits per heavy atom. The largest absolute Gasteiger partial charge is 0.462 e. The van der Waals surface area contributed by atoms with Crippen LogP contribution in [0.1, 0.15) is 22.8 Å². The van der Waals surface area contributed by atoms with Gasteiger partial charge in [0.25, 0.3) is 0 Å². The molecule has 110 valence electrons. The number of nitrogens with two attached hydrogens (primary N) is 1. The minimum Gasteiger partial charge on any atom is -0.462 e. The summed E-state index contributed by atoms with van der Waals surface area (Å²) in [6, 6.07) is 11.4. The van der Waals surface area contributed by atoms with Crippen LogP contribution < -0.4 is 11.1 Å². The fourth-order valence-electron chi connectivity index (χ4n) is 1.90. The van der Waals surface area contributed by atoms with Crippen LogP contribution >= 0.6 is 0 Å². The maximum absolute atomic E-state index is 13.5. The summed E-state index contributed by atoms with van der Waals surface area (Å²) in [6.07, 6.45) is 0. The molecular weight excluding hydrogens is 271 g/mol. The highest BCUT2D eigenvalue weighted by atomic mass is 19.1. The Morgan fingerprint density at radius 1 is 1.29 bits per heavy atom. The van der Waals surface area contributed by atoms with Crippen LogP contribution in [0.25, 0.3) is 0 Å². The van der Waals surface area contributed by atoms with Gasteiger partial charge in [-0.3, -0.25) is 0 Å². The topological polar surface area (TPSA) is 64.3 Å². The third kappa shape index (κ3) is 3.72. The fourth-order valence-corrected chi connectivity index (χ4v) is 1.90. The van der Waals surface area contributed by atoms with Gasteiger partial charge in [-0.2, -0.15) is 0 Å². The van der Waals surface area contributed by atoms with E-state index < -0.39 is 5.97 Å². The number of ether oxygens (including phenoxy) is 1. The van der Waals surface area contributed by atoms with Crippen molar-refractivity contribution in [1.82, 2.24) is 0 Å². The van der Waals surface area contributed by atoms with Crippen LogP contribution in [0.15, 0.2) is 42.5 Å². The summed E-state index contributed by atoms with van der Waals surface area (Å²) in [4.78, 5) is 11.6. The normalized spacial score (nSPS) is 10.2. The first-order valence-corrected chi connectivity index (χ1v) is 6.65. The van der Waals surface area contributed by atoms with Crippen LogP contribution in [-0.2, 0) is 11.3 Å². The maximum atomic E-state index is 13.5. The number of nitrogen functional groups attached to an aromatic ring is 1. The number of hydrogen-bond donors (Lipinski definition) is 2. The van der Waals surface area contributed by atoms with E-state index in [-0.39, 0.29) is 5.82 Å². The lowest BCUT2D eigenvalue weighted by Crippen LogP contribution is -2.08. The predicted molar refractivity (Wildman–Crippen MR) is 80.5 cm³/mol. The molecule has 2 rings (SSSR count). The zero-order valence-corrected chi connectivity index (χ0v) is 11.7. The highest BCUT2D eigenvalue weighted by Gasteiger charge is 2.09. The average Bonchev–Trinajstić information content (AvgIpc) is 2.47. The van der Waals surface area contributed by atoms with E-state index in [2.05, 4.69) is 5.32 Å². The average molecular weight is 288 g/mol. The summed E-state index contributed by atoms with van der Waals surface area (Å²) in [5.74, 6) is -0.684. The zero-order valence-electron chi connectivity index (χ0n) is 11.7. The molecule has 0 spiro atoms. The number of anilines is 2. The number of esters is 1. The standard InChI is InChI=1S/C16H17FN2O2/c1-2-21-16(20)11-7-8-15(14(18)9-11)19-10-12-5-3-4-6-13(12)17/h3-9,19H,2,10,18H2,1H3. The quantitative estimate of drug-likeness (QED) is 0.655. The molecule has 21 heavy (non-hydrogen) atoms. The second-order valence-corrected chi connectivity index (χ2v) is 4.47. The number of carbonyl (C=O) groups is 1. The van der Waals surface area contributed by atoms with Gasteiger partial charge in [0.05, 0.1) is 23.5 Å². The molecule has 0 unspecified atom stereocenters. The molecule has 2 aromatic rings. The Balaban J connectivity index is 2.08. The lowest BCUT2D eigenvalue weighted by Gasteiger charge is -2.11. The van der Waals surface area contributed by atoms with E-state index in [1.54, 1.807) is 43.3 Å². The highest BCUT2D eigenvalue weighted by molar-refractivity contribution is 5.91. The van der Waals surface area contributed by atoms with Gasteiger partial charge in [-0.15, -0.1) is 0 Å². The van der Waals surface area contributed by atoms with Crippen LogP contribution in [-0.4, -0.2) is 12.6 Å². The Kier molecular flexibility index (Phi) is 4.77. The minimum absolute atomic E-state index is 0.272. The van der Waals surface area contributed by atoms with Crippen molar-refractivity contribution < 1.29 is 13.9 Å². The molecule has 0 aromatic heterocycles. The van der Waals surface area contributed by atoms with Crippen molar-refractivity contribution in [3.8, 4) is 0 Å². The molecule has 0 atom stereocenters. The van der Waals surface area contributed by atoms with Gasteiger partial charge in [0.2, 0.25) is 0 Å². The molecule has 0 saturated carbocycles. The second-order valence-electron chi connectivity index (χ2n) is 4.47. The lowest BCUT2D eigenvalue weighted by molar-refractivity contribution is 0.0526. The van der Waals surface area contributed by atoms with Gasteiger partial charge in [-0.1, -0.05) is 18.2 Å². The smallest absolute Gasteiger partial charge is 0.338 e. The molecule has 5 heteroatoms. The van der Waals surface area contributed by atoms with E-state index in [4.69, 9.17) is 10.5 Å². The first-order valence-electron chi connectivity index (χ1n) is 6.65. The summed E-state index contributed by atoms with van der Waals surface area (Å²) >= 11 is 0. The van der Waals surface area contributed by atoms with E-state index in [9.17, 15) is 9.18 Å². The Bertz CT molecular complexity index is 644. The molecule has 0 radical (unpaired) electrons. The SMILES string of the molecule is CCOC(=O)c1ccc(NCc2ccccc2F)c(N)c1. The molecule has 2 aromatic carbocycles. The number of carbonyl (C=O) groups excluding carboxylic acids is 1. The minimum atomic E-state index is -0.412. The predicted octanol–water partition coefficient (Wildman–Crippen LogP) is 3.20. The van der Waals surface area contributed by atoms with Gasteiger partial charge in [0, 0.05) is 12.1 Å². The van der Waals surface area contributed by atoms with Crippen molar-refractivity contribution in [2.75, 3.05) is 17.7 Å². The molecule has 3 N–H and O–H groups in total. The maximum Gasteiger partial charge on any atom is 0.338 e. The van der Waals surface area contributed by atoms with Gasteiger partial charge in [0.1, 0.15) is 5.82 Å². The lowest BCUT2D eigenvalue weighted by atomic mass is 10.1. The van der Waals surface area contributed by atoms with Gasteiger partial charge in [-0.05, 0) is 31.2 Å². The van der Waals surface area contributed by atoms with Crippen LogP contribution in [0.5, 0.6) is 0 Å². The summed E-state index contributed by atoms with van der Waals surface area (Å²) in [6.45, 7) is 2.37. The monoisotopic (exact) mass is 288 g/mol. The summed E-state index contributed by atoms with van der Waals surface area (Å²) in [5, 5.41) is 3.05. The Labute approximate surface area is 122 Å². The van der Waals surface area contributed by atoms with Crippen molar-refractivity contribution in [3.05, 3.63) is 59.4 Å². The van der Waals surface area contributed by atoms with Crippen molar-refractivity contribution in [1.29, 1.82) is 0 Å². The van der Waals surface area contributed by atoms with E-state index in [1.807, 2.05) is 0 Å². The fraction of sp³-hybridized carbons (Fsp3) is 0.188. The summed E-state index contributed by atoms with van der Waals surface area (Å²) < 4.78 is 18.4. The molecule has 0 aliphatic carbocycles. The molecular formula is C16H17FN2O2. The molecule has 4 nitrogen and oxygen atoms in total. The molecule has 0 aliphatic rings. The van der Waals surface area contributed by atoms with Crippen molar-refractivity contribution in [2.24, 2.45) is 0 Å². The van der Waals surface area contributed by atoms with E-state index in [0.29, 0.717) is 35.7 Å². The van der Waals surface area contributed by atoms with Crippen LogP contribution in [0, 0.1) is 5.82 Å². The molecule has 0 saturated heterocycles. The summed E-state index contributed by atoms with van der Waals surface area (Å²) in [5.41, 5.74) is 7.89. The molecule has 0 fully saturated rings. The molecule has 0 bridgehead atoms.